The van der Waals surface area contributed by atoms with Gasteiger partial charge in [0, 0.05) is 18.2 Å². The van der Waals surface area contributed by atoms with Gasteiger partial charge in [-0.25, -0.2) is 8.42 Å². The lowest BCUT2D eigenvalue weighted by atomic mass is 10.1. The Morgan fingerprint density at radius 2 is 1.62 bits per heavy atom. The number of benzene rings is 3. The summed E-state index contributed by atoms with van der Waals surface area (Å²) in [4.78, 5) is 28.5. The summed E-state index contributed by atoms with van der Waals surface area (Å²) in [7, 11) is -2.71. The zero-order chi connectivity index (χ0) is 29.7. The second-order valence-electron chi connectivity index (χ2n) is 10.2. The quantitative estimate of drug-likeness (QED) is 0.328. The number of nitrogens with zero attached hydrogens (tertiary/aromatic N) is 2. The number of halogens is 2. The molecule has 1 N–H and O–H groups in total. The molecule has 3 aromatic carbocycles. The lowest BCUT2D eigenvalue weighted by Crippen LogP contribution is -2.54. The number of carbonyl (C=O) groups is 2. The Balaban J connectivity index is 2.06. The van der Waals surface area contributed by atoms with E-state index >= 15 is 0 Å². The van der Waals surface area contributed by atoms with Gasteiger partial charge in [0.2, 0.25) is 11.8 Å². The number of nitrogens with one attached hydrogen (secondary N) is 1. The van der Waals surface area contributed by atoms with Crippen molar-refractivity contribution in [2.45, 2.75) is 50.7 Å². The minimum absolute atomic E-state index is 0.00815. The molecule has 0 aliphatic heterocycles. The van der Waals surface area contributed by atoms with E-state index in [1.54, 1.807) is 61.5 Å². The molecule has 8 nitrogen and oxygen atoms in total. The highest BCUT2D eigenvalue weighted by atomic mass is 35.5. The molecule has 0 saturated carbocycles. The molecule has 40 heavy (non-hydrogen) atoms. The summed E-state index contributed by atoms with van der Waals surface area (Å²) in [6.07, 6.45) is 0. The number of rotatable bonds is 10. The smallest absolute Gasteiger partial charge is 0.264 e. The average molecular weight is 607 g/mol. The van der Waals surface area contributed by atoms with E-state index in [0.29, 0.717) is 21.4 Å². The van der Waals surface area contributed by atoms with Crippen molar-refractivity contribution in [2.24, 2.45) is 0 Å². The maximum Gasteiger partial charge on any atom is 0.264 e. The van der Waals surface area contributed by atoms with E-state index in [4.69, 9.17) is 27.9 Å². The van der Waals surface area contributed by atoms with Crippen molar-refractivity contribution in [1.29, 1.82) is 0 Å². The number of amides is 2. The molecule has 0 aliphatic rings. The van der Waals surface area contributed by atoms with E-state index in [1.807, 2.05) is 20.8 Å². The summed E-state index contributed by atoms with van der Waals surface area (Å²) in [5.41, 5.74) is 0.308. The molecule has 11 heteroatoms. The first kappa shape index (κ1) is 31.3. The lowest BCUT2D eigenvalue weighted by Gasteiger charge is -2.33. The Labute approximate surface area is 245 Å². The van der Waals surface area contributed by atoms with Gasteiger partial charge in [-0.2, -0.15) is 0 Å². The first-order valence-corrected chi connectivity index (χ1v) is 14.7. The van der Waals surface area contributed by atoms with Crippen LogP contribution in [0.25, 0.3) is 0 Å². The number of methoxy groups -OCH3 is 1. The number of hydrogen-bond donors (Lipinski definition) is 1. The zero-order valence-electron chi connectivity index (χ0n) is 23.0. The Bertz CT molecular complexity index is 1460. The van der Waals surface area contributed by atoms with Gasteiger partial charge in [0.25, 0.3) is 10.0 Å². The molecule has 0 spiro atoms. The molecule has 0 saturated heterocycles. The van der Waals surface area contributed by atoms with Crippen molar-refractivity contribution < 1.29 is 22.7 Å². The van der Waals surface area contributed by atoms with E-state index in [9.17, 15) is 18.0 Å². The number of sulfonamides is 1. The third-order valence-corrected chi connectivity index (χ3v) is 8.48. The third kappa shape index (κ3) is 7.90. The molecule has 0 aromatic heterocycles. The van der Waals surface area contributed by atoms with Gasteiger partial charge in [0.1, 0.15) is 18.3 Å². The minimum atomic E-state index is -4.18. The third-order valence-electron chi connectivity index (χ3n) is 5.95. The Morgan fingerprint density at radius 3 is 2.23 bits per heavy atom. The topological polar surface area (TPSA) is 96.0 Å². The Kier molecular flexibility index (Phi) is 10.1. The number of carbonyl (C=O) groups excluding carboxylic acids is 2. The maximum atomic E-state index is 14.0. The van der Waals surface area contributed by atoms with E-state index in [0.717, 1.165) is 4.31 Å². The van der Waals surface area contributed by atoms with Crippen molar-refractivity contribution in [1.82, 2.24) is 10.2 Å². The molecule has 0 radical (unpaired) electrons. The predicted molar refractivity (Wildman–Crippen MR) is 158 cm³/mol. The summed E-state index contributed by atoms with van der Waals surface area (Å²) in [5, 5.41) is 3.53. The van der Waals surface area contributed by atoms with Crippen LogP contribution in [-0.2, 0) is 26.2 Å². The van der Waals surface area contributed by atoms with E-state index in [-0.39, 0.29) is 23.0 Å². The van der Waals surface area contributed by atoms with Crippen molar-refractivity contribution in [3.63, 3.8) is 0 Å². The van der Waals surface area contributed by atoms with Crippen molar-refractivity contribution >= 4 is 50.7 Å². The molecule has 3 rings (SSSR count). The standard InChI is InChI=1S/C29H33Cl2N3O5S/c1-20(28(36)32-29(2,3)4)33(18-21-14-15-25(30)26(31)16-21)27(35)19-34(22-10-9-11-23(17-22)39-5)40(37,38)24-12-7-6-8-13-24/h6-17,20H,18-19H2,1-5H3,(H,32,36). The maximum absolute atomic E-state index is 14.0. The first-order chi connectivity index (χ1) is 18.7. The first-order valence-electron chi connectivity index (χ1n) is 12.5. The lowest BCUT2D eigenvalue weighted by molar-refractivity contribution is -0.140. The fourth-order valence-corrected chi connectivity index (χ4v) is 5.65. The fourth-order valence-electron chi connectivity index (χ4n) is 3.91. The molecule has 0 heterocycles. The molecule has 0 aliphatic carbocycles. The van der Waals surface area contributed by atoms with Gasteiger partial charge in [-0.15, -0.1) is 0 Å². The fraction of sp³-hybridized carbons (Fsp3) is 0.310. The second-order valence-corrected chi connectivity index (χ2v) is 12.9. The summed E-state index contributed by atoms with van der Waals surface area (Å²) in [6, 6.07) is 18.2. The molecule has 2 amide bonds. The van der Waals surface area contributed by atoms with Gasteiger partial charge >= 0.3 is 0 Å². The normalized spacial score (nSPS) is 12.4. The summed E-state index contributed by atoms with van der Waals surface area (Å²) < 4.78 is 34.0. The molecular formula is C29H33Cl2N3O5S. The van der Waals surface area contributed by atoms with Crippen molar-refractivity contribution in [3.05, 3.63) is 88.4 Å². The number of anilines is 1. The molecule has 1 atom stereocenters. The van der Waals surface area contributed by atoms with Gasteiger partial charge in [0.15, 0.2) is 0 Å². The van der Waals surface area contributed by atoms with Crippen LogP contribution in [0.15, 0.2) is 77.7 Å². The van der Waals surface area contributed by atoms with E-state index < -0.39 is 34.1 Å². The molecule has 1 unspecified atom stereocenters. The summed E-state index contributed by atoms with van der Waals surface area (Å²) >= 11 is 12.3. The van der Waals surface area contributed by atoms with Crippen LogP contribution < -0.4 is 14.4 Å². The highest BCUT2D eigenvalue weighted by molar-refractivity contribution is 7.92. The van der Waals surface area contributed by atoms with E-state index in [1.165, 1.54) is 30.2 Å². The molecule has 0 fully saturated rings. The Morgan fingerprint density at radius 1 is 0.950 bits per heavy atom. The van der Waals surface area contributed by atoms with Crippen molar-refractivity contribution in [2.75, 3.05) is 18.0 Å². The number of ether oxygens (including phenoxy) is 1. The molecule has 214 valence electrons. The van der Waals surface area contributed by atoms with Gasteiger partial charge < -0.3 is 15.0 Å². The van der Waals surface area contributed by atoms with Crippen LogP contribution in [0.2, 0.25) is 10.0 Å². The van der Waals surface area contributed by atoms with Crippen LogP contribution >= 0.6 is 23.2 Å². The number of hydrogen-bond acceptors (Lipinski definition) is 5. The Hall–Kier alpha value is -3.27. The van der Waals surface area contributed by atoms with Crippen LogP contribution in [0.3, 0.4) is 0 Å². The van der Waals surface area contributed by atoms with Gasteiger partial charge in [0.05, 0.1) is 27.7 Å². The highest BCUT2D eigenvalue weighted by Crippen LogP contribution is 2.28. The predicted octanol–water partition coefficient (Wildman–Crippen LogP) is 5.53. The zero-order valence-corrected chi connectivity index (χ0v) is 25.3. The van der Waals surface area contributed by atoms with Crippen LogP contribution in [0, 0.1) is 0 Å². The highest BCUT2D eigenvalue weighted by Gasteiger charge is 2.33. The second kappa shape index (κ2) is 12.9. The van der Waals surface area contributed by atoms with Gasteiger partial charge in [-0.1, -0.05) is 53.5 Å². The van der Waals surface area contributed by atoms with Gasteiger partial charge in [-0.05, 0) is 69.7 Å². The van der Waals surface area contributed by atoms with E-state index in [2.05, 4.69) is 5.32 Å². The minimum Gasteiger partial charge on any atom is -0.497 e. The average Bonchev–Trinajstić information content (AvgIpc) is 2.91. The molecule has 0 bridgehead atoms. The largest absolute Gasteiger partial charge is 0.497 e. The van der Waals surface area contributed by atoms with Crippen molar-refractivity contribution in [3.8, 4) is 5.75 Å². The molecular weight excluding hydrogens is 573 g/mol. The van der Waals surface area contributed by atoms with Crippen LogP contribution in [0.5, 0.6) is 5.75 Å². The van der Waals surface area contributed by atoms with Crippen LogP contribution in [-0.4, -0.2) is 50.4 Å². The molecule has 3 aromatic rings. The summed E-state index contributed by atoms with van der Waals surface area (Å²) in [5.74, 6) is -0.562. The van der Waals surface area contributed by atoms with Gasteiger partial charge in [-0.3, -0.25) is 13.9 Å². The SMILES string of the molecule is COc1cccc(N(CC(=O)N(Cc2ccc(Cl)c(Cl)c2)C(C)C(=O)NC(C)(C)C)S(=O)(=O)c2ccccc2)c1. The monoisotopic (exact) mass is 605 g/mol. The van der Waals surface area contributed by atoms with Crippen LogP contribution in [0.1, 0.15) is 33.3 Å². The van der Waals surface area contributed by atoms with Crippen LogP contribution in [0.4, 0.5) is 5.69 Å². The summed E-state index contributed by atoms with van der Waals surface area (Å²) in [6.45, 7) is 6.52.